The number of aromatic nitrogens is 2. The molecule has 3 N–H and O–H groups in total. The van der Waals surface area contributed by atoms with Gasteiger partial charge in [0.25, 0.3) is 5.91 Å². The lowest BCUT2D eigenvalue weighted by Crippen LogP contribution is -2.16. The normalized spacial score (nSPS) is 10.2. The predicted molar refractivity (Wildman–Crippen MR) is 62.0 cm³/mol. The Kier molecular flexibility index (Phi) is 2.78. The number of nitrogens with two attached hydrogens (primary N) is 1. The molecular weight excluding hydrogens is 223 g/mol. The van der Waals surface area contributed by atoms with Crippen molar-refractivity contribution >= 4 is 17.3 Å². The number of carbonyl (C=O) groups excluding carboxylic acids is 1. The monoisotopic (exact) mass is 234 g/mol. The third-order valence-corrected chi connectivity index (χ3v) is 2.29. The lowest BCUT2D eigenvalue weighted by molar-refractivity contribution is 0.101. The maximum absolute atomic E-state index is 13.4. The molecule has 0 aliphatic carbocycles. The fourth-order valence-corrected chi connectivity index (χ4v) is 1.42. The number of rotatable bonds is 2. The highest BCUT2D eigenvalue weighted by atomic mass is 19.1. The summed E-state index contributed by atoms with van der Waals surface area (Å²) < 4.78 is 14.8. The molecule has 0 fully saturated rings. The SMILES string of the molecule is Cn1nccc1C(=O)Nc1ccc(N)cc1F. The molecule has 0 bridgehead atoms. The summed E-state index contributed by atoms with van der Waals surface area (Å²) in [5.41, 5.74) is 6.15. The minimum Gasteiger partial charge on any atom is -0.399 e. The molecule has 0 spiro atoms. The van der Waals surface area contributed by atoms with Crippen LogP contribution >= 0.6 is 0 Å². The van der Waals surface area contributed by atoms with Crippen molar-refractivity contribution in [3.05, 3.63) is 42.0 Å². The van der Waals surface area contributed by atoms with Crippen molar-refractivity contribution in [2.45, 2.75) is 0 Å². The quantitative estimate of drug-likeness (QED) is 0.771. The van der Waals surface area contributed by atoms with E-state index in [0.717, 1.165) is 6.07 Å². The average molecular weight is 234 g/mol. The smallest absolute Gasteiger partial charge is 0.273 e. The highest BCUT2D eigenvalue weighted by molar-refractivity contribution is 6.03. The highest BCUT2D eigenvalue weighted by Crippen LogP contribution is 2.17. The summed E-state index contributed by atoms with van der Waals surface area (Å²) >= 11 is 0. The van der Waals surface area contributed by atoms with Gasteiger partial charge in [0.15, 0.2) is 0 Å². The van der Waals surface area contributed by atoms with Crippen LogP contribution in [0, 0.1) is 5.82 Å². The van der Waals surface area contributed by atoms with Crippen molar-refractivity contribution in [2.75, 3.05) is 11.1 Å². The number of anilines is 2. The molecule has 0 saturated heterocycles. The van der Waals surface area contributed by atoms with E-state index in [0.29, 0.717) is 11.4 Å². The van der Waals surface area contributed by atoms with Crippen molar-refractivity contribution in [1.82, 2.24) is 9.78 Å². The summed E-state index contributed by atoms with van der Waals surface area (Å²) in [6.45, 7) is 0. The van der Waals surface area contributed by atoms with Crippen LogP contribution in [0.1, 0.15) is 10.5 Å². The molecular formula is C11H11FN4O. The number of nitrogens with one attached hydrogen (secondary N) is 1. The molecule has 0 aliphatic rings. The summed E-state index contributed by atoms with van der Waals surface area (Å²) in [6, 6.07) is 5.63. The number of hydrogen-bond donors (Lipinski definition) is 2. The first-order valence-corrected chi connectivity index (χ1v) is 4.92. The van der Waals surface area contributed by atoms with Crippen LogP contribution in [-0.4, -0.2) is 15.7 Å². The number of benzene rings is 1. The molecule has 0 unspecified atom stereocenters. The van der Waals surface area contributed by atoms with Crippen LogP contribution in [0.25, 0.3) is 0 Å². The number of aryl methyl sites for hydroxylation is 1. The fourth-order valence-electron chi connectivity index (χ4n) is 1.42. The zero-order valence-electron chi connectivity index (χ0n) is 9.14. The molecule has 0 saturated carbocycles. The Morgan fingerprint density at radius 1 is 1.47 bits per heavy atom. The Bertz CT molecular complexity index is 564. The second kappa shape index (κ2) is 4.25. The Balaban J connectivity index is 2.22. The van der Waals surface area contributed by atoms with Gasteiger partial charge in [0.1, 0.15) is 11.5 Å². The van der Waals surface area contributed by atoms with E-state index in [4.69, 9.17) is 5.73 Å². The Labute approximate surface area is 97.0 Å². The first-order valence-electron chi connectivity index (χ1n) is 4.92. The van der Waals surface area contributed by atoms with Gasteiger partial charge >= 0.3 is 0 Å². The second-order valence-corrected chi connectivity index (χ2v) is 3.53. The summed E-state index contributed by atoms with van der Waals surface area (Å²) in [6.07, 6.45) is 1.49. The van der Waals surface area contributed by atoms with E-state index < -0.39 is 11.7 Å². The molecule has 88 valence electrons. The summed E-state index contributed by atoms with van der Waals surface area (Å²) in [4.78, 5) is 11.8. The van der Waals surface area contributed by atoms with Gasteiger partial charge in [-0.2, -0.15) is 5.10 Å². The van der Waals surface area contributed by atoms with Crippen LogP contribution in [0.5, 0.6) is 0 Å². The van der Waals surface area contributed by atoms with Crippen LogP contribution in [0.2, 0.25) is 0 Å². The van der Waals surface area contributed by atoms with Crippen molar-refractivity contribution in [3.8, 4) is 0 Å². The molecule has 2 aromatic rings. The zero-order chi connectivity index (χ0) is 12.4. The molecule has 6 heteroatoms. The van der Waals surface area contributed by atoms with Crippen LogP contribution in [0.4, 0.5) is 15.8 Å². The number of halogens is 1. The van der Waals surface area contributed by atoms with Crippen LogP contribution in [-0.2, 0) is 7.05 Å². The maximum atomic E-state index is 13.4. The van der Waals surface area contributed by atoms with Gasteiger partial charge in [0, 0.05) is 18.9 Å². The lowest BCUT2D eigenvalue weighted by Gasteiger charge is -2.06. The van der Waals surface area contributed by atoms with E-state index in [1.165, 1.54) is 23.0 Å². The average Bonchev–Trinajstić information content (AvgIpc) is 2.68. The number of amides is 1. The van der Waals surface area contributed by atoms with Gasteiger partial charge in [-0.25, -0.2) is 4.39 Å². The molecule has 1 aromatic carbocycles. The van der Waals surface area contributed by atoms with Gasteiger partial charge in [-0.05, 0) is 24.3 Å². The van der Waals surface area contributed by atoms with E-state index in [9.17, 15) is 9.18 Å². The topological polar surface area (TPSA) is 72.9 Å². The first-order chi connectivity index (χ1) is 8.08. The van der Waals surface area contributed by atoms with E-state index in [1.54, 1.807) is 13.1 Å². The minimum absolute atomic E-state index is 0.0883. The summed E-state index contributed by atoms with van der Waals surface area (Å²) in [5.74, 6) is -0.991. The zero-order valence-corrected chi connectivity index (χ0v) is 9.14. The Hall–Kier alpha value is -2.37. The van der Waals surface area contributed by atoms with Crippen LogP contribution in [0.3, 0.4) is 0 Å². The van der Waals surface area contributed by atoms with E-state index in [1.807, 2.05) is 0 Å². The first kappa shape index (κ1) is 11.1. The van der Waals surface area contributed by atoms with Gasteiger partial charge < -0.3 is 11.1 Å². The minimum atomic E-state index is -0.569. The predicted octanol–water partition coefficient (Wildman–Crippen LogP) is 1.39. The van der Waals surface area contributed by atoms with E-state index in [-0.39, 0.29) is 5.69 Å². The number of carbonyl (C=O) groups is 1. The molecule has 2 rings (SSSR count). The molecule has 0 radical (unpaired) electrons. The third-order valence-electron chi connectivity index (χ3n) is 2.29. The van der Waals surface area contributed by atoms with Crippen LogP contribution < -0.4 is 11.1 Å². The third kappa shape index (κ3) is 2.25. The number of hydrogen-bond acceptors (Lipinski definition) is 3. The molecule has 5 nitrogen and oxygen atoms in total. The van der Waals surface area contributed by atoms with Gasteiger partial charge in [-0.15, -0.1) is 0 Å². The van der Waals surface area contributed by atoms with Crippen molar-refractivity contribution in [3.63, 3.8) is 0 Å². The number of nitrogen functional groups attached to an aromatic ring is 1. The maximum Gasteiger partial charge on any atom is 0.273 e. The summed E-state index contributed by atoms with van der Waals surface area (Å²) in [5, 5.41) is 6.31. The Morgan fingerprint density at radius 3 is 2.82 bits per heavy atom. The van der Waals surface area contributed by atoms with Gasteiger partial charge in [-0.3, -0.25) is 9.48 Å². The van der Waals surface area contributed by atoms with Crippen molar-refractivity contribution < 1.29 is 9.18 Å². The van der Waals surface area contributed by atoms with E-state index in [2.05, 4.69) is 10.4 Å². The van der Waals surface area contributed by atoms with Gasteiger partial charge in [0.05, 0.1) is 5.69 Å². The molecule has 1 heterocycles. The molecule has 1 aromatic heterocycles. The molecule has 0 aliphatic heterocycles. The number of nitrogens with zero attached hydrogens (tertiary/aromatic N) is 2. The highest BCUT2D eigenvalue weighted by Gasteiger charge is 2.12. The van der Waals surface area contributed by atoms with Gasteiger partial charge in [0.2, 0.25) is 0 Å². The van der Waals surface area contributed by atoms with Gasteiger partial charge in [-0.1, -0.05) is 0 Å². The standard InChI is InChI=1S/C11H11FN4O/c1-16-10(4-5-14-16)11(17)15-9-3-2-7(13)6-8(9)12/h2-6H,13H2,1H3,(H,15,17). The second-order valence-electron chi connectivity index (χ2n) is 3.53. The van der Waals surface area contributed by atoms with E-state index >= 15 is 0 Å². The molecule has 0 atom stereocenters. The fraction of sp³-hybridized carbons (Fsp3) is 0.0909. The lowest BCUT2D eigenvalue weighted by atomic mass is 10.2. The largest absolute Gasteiger partial charge is 0.399 e. The Morgan fingerprint density at radius 2 is 2.24 bits per heavy atom. The molecule has 17 heavy (non-hydrogen) atoms. The van der Waals surface area contributed by atoms with Crippen molar-refractivity contribution in [1.29, 1.82) is 0 Å². The summed E-state index contributed by atoms with van der Waals surface area (Å²) in [7, 11) is 1.63. The molecule has 1 amide bonds. The van der Waals surface area contributed by atoms with Crippen LogP contribution in [0.15, 0.2) is 30.5 Å². The van der Waals surface area contributed by atoms with Crippen molar-refractivity contribution in [2.24, 2.45) is 7.05 Å².